The van der Waals surface area contributed by atoms with E-state index in [1.807, 2.05) is 0 Å². The van der Waals surface area contributed by atoms with Gasteiger partial charge in [-0.15, -0.1) is 0 Å². The SMILES string of the molecule is CCCCCCCCCCCCSCC(COP(=O)(O)OC[C@H]1OC(n2ccc(N)nc2=O)[C@H](OC)[C@@H]1O)OCCCCCCCCCC. The van der Waals surface area contributed by atoms with Crippen molar-refractivity contribution < 1.29 is 37.8 Å². The first-order valence-electron chi connectivity index (χ1n) is 18.7. The van der Waals surface area contributed by atoms with Gasteiger partial charge < -0.3 is 29.9 Å². The van der Waals surface area contributed by atoms with E-state index in [2.05, 4.69) is 18.8 Å². The Balaban J connectivity index is 1.78. The predicted molar refractivity (Wildman–Crippen MR) is 197 cm³/mol. The minimum atomic E-state index is -4.51. The Labute approximate surface area is 299 Å². The average Bonchev–Trinajstić information content (AvgIpc) is 3.39. The lowest BCUT2D eigenvalue weighted by Crippen LogP contribution is -2.37. The van der Waals surface area contributed by atoms with Crippen LogP contribution >= 0.6 is 19.6 Å². The molecule has 0 saturated carbocycles. The zero-order valence-corrected chi connectivity index (χ0v) is 32.1. The lowest BCUT2D eigenvalue weighted by Gasteiger charge is -2.21. The Bertz CT molecular complexity index is 1090. The number of aliphatic hydroxyl groups is 1. The van der Waals surface area contributed by atoms with E-state index >= 15 is 0 Å². The number of aliphatic hydroxyl groups excluding tert-OH is 1. The maximum atomic E-state index is 12.9. The molecule has 1 fully saturated rings. The largest absolute Gasteiger partial charge is 0.472 e. The van der Waals surface area contributed by atoms with Crippen molar-refractivity contribution in [1.82, 2.24) is 9.55 Å². The van der Waals surface area contributed by atoms with Gasteiger partial charge in [-0.25, -0.2) is 9.36 Å². The Morgan fingerprint density at radius 2 is 1.51 bits per heavy atom. The van der Waals surface area contributed by atoms with Crippen molar-refractivity contribution >= 4 is 25.4 Å². The van der Waals surface area contributed by atoms with Crippen LogP contribution in [0.4, 0.5) is 5.82 Å². The van der Waals surface area contributed by atoms with E-state index in [4.69, 9.17) is 29.0 Å². The highest BCUT2D eigenvalue weighted by molar-refractivity contribution is 7.99. The summed E-state index contributed by atoms with van der Waals surface area (Å²) in [6.07, 6.45) is 19.2. The number of nitrogen functional groups attached to an aromatic ring is 1. The summed E-state index contributed by atoms with van der Waals surface area (Å²) in [5.74, 6) is 1.71. The molecule has 2 heterocycles. The molecule has 0 aliphatic carbocycles. The van der Waals surface area contributed by atoms with E-state index in [9.17, 15) is 19.4 Å². The predicted octanol–water partition coefficient (Wildman–Crippen LogP) is 7.41. The van der Waals surface area contributed by atoms with Crippen molar-refractivity contribution in [3.05, 3.63) is 22.7 Å². The third kappa shape index (κ3) is 18.9. The number of thioether (sulfide) groups is 1. The van der Waals surface area contributed by atoms with Crippen LogP contribution in [-0.4, -0.2) is 82.4 Å². The average molecular weight is 736 g/mol. The second kappa shape index (κ2) is 26.7. The summed E-state index contributed by atoms with van der Waals surface area (Å²) >= 11 is 1.78. The molecule has 1 saturated heterocycles. The number of phosphoric ester groups is 1. The highest BCUT2D eigenvalue weighted by atomic mass is 32.2. The molecule has 0 aromatic carbocycles. The van der Waals surface area contributed by atoms with Crippen molar-refractivity contribution in [3.63, 3.8) is 0 Å². The first-order valence-corrected chi connectivity index (χ1v) is 21.4. The van der Waals surface area contributed by atoms with Gasteiger partial charge in [0.1, 0.15) is 24.1 Å². The molecular weight excluding hydrogens is 669 g/mol. The van der Waals surface area contributed by atoms with Gasteiger partial charge in [0.25, 0.3) is 0 Å². The van der Waals surface area contributed by atoms with Crippen LogP contribution in [-0.2, 0) is 27.8 Å². The van der Waals surface area contributed by atoms with Crippen LogP contribution in [0.15, 0.2) is 17.1 Å². The molecule has 0 spiro atoms. The van der Waals surface area contributed by atoms with E-state index in [1.165, 1.54) is 116 Å². The zero-order valence-electron chi connectivity index (χ0n) is 30.4. The summed E-state index contributed by atoms with van der Waals surface area (Å²) in [4.78, 5) is 26.5. The summed E-state index contributed by atoms with van der Waals surface area (Å²) in [7, 11) is -3.15. The van der Waals surface area contributed by atoms with Gasteiger partial charge >= 0.3 is 13.5 Å². The fraction of sp³-hybridized carbons (Fsp3) is 0.886. The van der Waals surface area contributed by atoms with Crippen molar-refractivity contribution in [3.8, 4) is 0 Å². The van der Waals surface area contributed by atoms with Crippen molar-refractivity contribution in [1.29, 1.82) is 0 Å². The van der Waals surface area contributed by atoms with Gasteiger partial charge in [0.05, 0.1) is 19.3 Å². The van der Waals surface area contributed by atoms with Gasteiger partial charge in [0.2, 0.25) is 0 Å². The Hall–Kier alpha value is -1.02. The molecule has 1 aromatic heterocycles. The molecule has 1 aromatic rings. The number of nitrogens with zero attached hydrogens (tertiary/aromatic N) is 2. The normalized spacial score (nSPS) is 21.2. The van der Waals surface area contributed by atoms with Crippen LogP contribution in [0, 0.1) is 0 Å². The van der Waals surface area contributed by atoms with Gasteiger partial charge in [-0.1, -0.05) is 117 Å². The molecule has 49 heavy (non-hydrogen) atoms. The molecule has 3 unspecified atom stereocenters. The minimum absolute atomic E-state index is 0.0457. The fourth-order valence-electron chi connectivity index (χ4n) is 5.87. The third-order valence-corrected chi connectivity index (χ3v) is 11.0. The number of unbranched alkanes of at least 4 members (excludes halogenated alkanes) is 16. The Morgan fingerprint density at radius 3 is 2.08 bits per heavy atom. The standard InChI is InChI=1S/C35H66N3O9PS/c1-4-6-8-10-12-14-15-17-19-21-25-49-28-29(44-24-20-18-16-13-11-9-7-5-2)26-45-48(41,42)46-27-30-32(39)33(43-3)34(47-30)38-23-22-31(36)37-35(38)40/h22-23,29-30,32-34,39H,4-21,24-28H2,1-3H3,(H,41,42)(H2,36,37,40)/t29?,30-,32-,33-,34?/m1/s1. The van der Waals surface area contributed by atoms with Crippen molar-refractivity contribution in [2.24, 2.45) is 0 Å². The maximum absolute atomic E-state index is 12.9. The van der Waals surface area contributed by atoms with Crippen LogP contribution < -0.4 is 11.4 Å². The maximum Gasteiger partial charge on any atom is 0.472 e. The minimum Gasteiger partial charge on any atom is -0.387 e. The molecular formula is C35H66N3O9PS. The summed E-state index contributed by atoms with van der Waals surface area (Å²) in [5, 5.41) is 10.8. The monoisotopic (exact) mass is 735 g/mol. The van der Waals surface area contributed by atoms with Crippen molar-refractivity contribution in [2.75, 3.05) is 44.2 Å². The lowest BCUT2D eigenvalue weighted by molar-refractivity contribution is -0.0632. The number of anilines is 1. The fourth-order valence-corrected chi connectivity index (χ4v) is 7.67. The molecule has 0 amide bonds. The number of nitrogens with two attached hydrogens (primary N) is 1. The van der Waals surface area contributed by atoms with Crippen molar-refractivity contribution in [2.45, 2.75) is 160 Å². The quantitative estimate of drug-likeness (QED) is 0.0512. The van der Waals surface area contributed by atoms with Gasteiger partial charge in [0.15, 0.2) is 6.23 Å². The van der Waals surface area contributed by atoms with E-state index in [-0.39, 0.29) is 18.5 Å². The van der Waals surface area contributed by atoms with Gasteiger partial charge in [-0.3, -0.25) is 13.6 Å². The molecule has 4 N–H and O–H groups in total. The first-order chi connectivity index (χ1) is 23.7. The summed E-state index contributed by atoms with van der Waals surface area (Å²) in [6.45, 7) is 4.48. The second-order valence-electron chi connectivity index (χ2n) is 13.1. The summed E-state index contributed by atoms with van der Waals surface area (Å²) in [6, 6.07) is 1.42. The first kappa shape index (κ1) is 44.1. The zero-order chi connectivity index (χ0) is 35.7. The van der Waals surface area contributed by atoms with E-state index < -0.39 is 44.7 Å². The highest BCUT2D eigenvalue weighted by Gasteiger charge is 2.46. The van der Waals surface area contributed by atoms with Crippen LogP contribution in [0.3, 0.4) is 0 Å². The number of rotatable bonds is 31. The number of aromatic nitrogens is 2. The Morgan fingerprint density at radius 1 is 0.939 bits per heavy atom. The molecule has 14 heteroatoms. The molecule has 286 valence electrons. The number of phosphoric acid groups is 1. The van der Waals surface area contributed by atoms with E-state index in [0.717, 1.165) is 29.6 Å². The van der Waals surface area contributed by atoms with Crippen LogP contribution in [0.2, 0.25) is 0 Å². The summed E-state index contributed by atoms with van der Waals surface area (Å²) in [5.41, 5.74) is 4.90. The number of hydrogen-bond donors (Lipinski definition) is 3. The third-order valence-electron chi connectivity index (χ3n) is 8.83. The van der Waals surface area contributed by atoms with Gasteiger partial charge in [-0.2, -0.15) is 16.7 Å². The molecule has 12 nitrogen and oxygen atoms in total. The van der Waals surface area contributed by atoms with Crippen LogP contribution in [0.1, 0.15) is 136 Å². The molecule has 0 bridgehead atoms. The van der Waals surface area contributed by atoms with Crippen LogP contribution in [0.5, 0.6) is 0 Å². The molecule has 1 aliphatic heterocycles. The second-order valence-corrected chi connectivity index (χ2v) is 15.7. The van der Waals surface area contributed by atoms with Gasteiger partial charge in [0, 0.05) is 25.7 Å². The smallest absolute Gasteiger partial charge is 0.387 e. The van der Waals surface area contributed by atoms with Crippen LogP contribution in [0.25, 0.3) is 0 Å². The number of methoxy groups -OCH3 is 1. The molecule has 1 aliphatic rings. The lowest BCUT2D eigenvalue weighted by atomic mass is 10.1. The summed E-state index contributed by atoms with van der Waals surface area (Å²) < 4.78 is 41.9. The topological polar surface area (TPSA) is 165 Å². The molecule has 2 rings (SSSR count). The number of hydrogen-bond acceptors (Lipinski definition) is 11. The highest BCUT2D eigenvalue weighted by Crippen LogP contribution is 2.45. The number of ether oxygens (including phenoxy) is 3. The molecule has 0 radical (unpaired) electrons. The Kier molecular flexibility index (Phi) is 24.1. The van der Waals surface area contributed by atoms with E-state index in [1.54, 1.807) is 11.8 Å². The van der Waals surface area contributed by atoms with E-state index in [0.29, 0.717) is 12.4 Å². The molecule has 6 atom stereocenters. The van der Waals surface area contributed by atoms with Gasteiger partial charge in [-0.05, 0) is 24.7 Å².